The fourth-order valence-corrected chi connectivity index (χ4v) is 3.46. The molecule has 0 saturated carbocycles. The van der Waals surface area contributed by atoms with Gasteiger partial charge in [0.1, 0.15) is 11.6 Å². The summed E-state index contributed by atoms with van der Waals surface area (Å²) in [4.78, 5) is 19.4. The smallest absolute Gasteiger partial charge is 0.223 e. The van der Waals surface area contributed by atoms with Crippen LogP contribution in [0.4, 0.5) is 4.39 Å². The lowest BCUT2D eigenvalue weighted by Crippen LogP contribution is -2.35. The van der Waals surface area contributed by atoms with Crippen LogP contribution in [0.2, 0.25) is 0 Å². The molecule has 2 aromatic rings. The Kier molecular flexibility index (Phi) is 7.17. The Bertz CT molecular complexity index is 862. The van der Waals surface area contributed by atoms with Crippen molar-refractivity contribution < 1.29 is 13.9 Å². The van der Waals surface area contributed by atoms with E-state index in [0.717, 1.165) is 23.4 Å². The second-order valence-corrected chi connectivity index (χ2v) is 7.42. The predicted octanol–water partition coefficient (Wildman–Crippen LogP) is 4.85. The summed E-state index contributed by atoms with van der Waals surface area (Å²) in [5.74, 6) is 0.909. The van der Waals surface area contributed by atoms with Crippen molar-refractivity contribution in [2.45, 2.75) is 32.2 Å². The Morgan fingerprint density at radius 1 is 1.28 bits per heavy atom. The van der Waals surface area contributed by atoms with Gasteiger partial charge in [0.2, 0.25) is 5.91 Å². The van der Waals surface area contributed by atoms with E-state index in [1.807, 2.05) is 36.1 Å². The summed E-state index contributed by atoms with van der Waals surface area (Å²) in [6, 6.07) is 12.1. The average Bonchev–Trinajstić information content (AvgIpc) is 2.75. The van der Waals surface area contributed by atoms with Gasteiger partial charge in [-0.25, -0.2) is 4.39 Å². The maximum absolute atomic E-state index is 13.2. The molecule has 152 valence electrons. The zero-order valence-corrected chi connectivity index (χ0v) is 16.9. The van der Waals surface area contributed by atoms with E-state index in [0.29, 0.717) is 19.5 Å². The number of hydrogen-bond donors (Lipinski definition) is 0. The summed E-state index contributed by atoms with van der Waals surface area (Å²) in [5, 5.41) is 0. The Morgan fingerprint density at radius 3 is 2.69 bits per heavy atom. The number of rotatable bonds is 8. The lowest BCUT2D eigenvalue weighted by atomic mass is 9.96. The predicted molar refractivity (Wildman–Crippen MR) is 111 cm³/mol. The molecule has 5 heteroatoms. The number of benzene rings is 1. The summed E-state index contributed by atoms with van der Waals surface area (Å²) in [7, 11) is 1.66. The van der Waals surface area contributed by atoms with Crippen molar-refractivity contribution in [1.82, 2.24) is 9.88 Å². The molecule has 0 spiro atoms. The fraction of sp³-hybridized carbons (Fsp3) is 0.333. The molecule has 0 fully saturated rings. The third kappa shape index (κ3) is 6.01. The molecule has 0 bridgehead atoms. The van der Waals surface area contributed by atoms with Crippen molar-refractivity contribution in [2.75, 3.05) is 13.7 Å². The van der Waals surface area contributed by atoms with Crippen LogP contribution in [0.3, 0.4) is 0 Å². The van der Waals surface area contributed by atoms with E-state index in [2.05, 4.69) is 17.1 Å². The van der Waals surface area contributed by atoms with Gasteiger partial charge in [0.15, 0.2) is 0 Å². The molecule has 29 heavy (non-hydrogen) atoms. The Labute approximate surface area is 171 Å². The number of allylic oxidation sites excluding steroid dienone is 2. The summed E-state index contributed by atoms with van der Waals surface area (Å²) in [5.41, 5.74) is 1.82. The van der Waals surface area contributed by atoms with Crippen molar-refractivity contribution in [1.29, 1.82) is 0 Å². The van der Waals surface area contributed by atoms with Crippen molar-refractivity contribution in [3.8, 4) is 0 Å². The first-order chi connectivity index (χ1) is 14.0. The highest BCUT2D eigenvalue weighted by molar-refractivity contribution is 5.77. The van der Waals surface area contributed by atoms with Crippen LogP contribution < -0.4 is 0 Å². The normalized spacial score (nSPS) is 16.8. The van der Waals surface area contributed by atoms with E-state index in [1.165, 1.54) is 12.1 Å². The maximum atomic E-state index is 13.2. The number of nitrogens with zero attached hydrogens (tertiary/aromatic N) is 2. The van der Waals surface area contributed by atoms with Gasteiger partial charge in [0.25, 0.3) is 0 Å². The number of methoxy groups -OCH3 is 1. The van der Waals surface area contributed by atoms with Gasteiger partial charge in [-0.1, -0.05) is 31.2 Å². The Balaban J connectivity index is 1.69. The van der Waals surface area contributed by atoms with E-state index in [4.69, 9.17) is 4.74 Å². The van der Waals surface area contributed by atoms with Crippen molar-refractivity contribution in [3.05, 3.63) is 89.7 Å². The van der Waals surface area contributed by atoms with Gasteiger partial charge >= 0.3 is 0 Å². The molecule has 0 N–H and O–H groups in total. The van der Waals surface area contributed by atoms with Crippen molar-refractivity contribution in [2.24, 2.45) is 5.92 Å². The molecule has 0 radical (unpaired) electrons. The molecule has 1 aromatic carbocycles. The topological polar surface area (TPSA) is 42.4 Å². The van der Waals surface area contributed by atoms with Crippen LogP contribution in [0.1, 0.15) is 36.9 Å². The summed E-state index contributed by atoms with van der Waals surface area (Å²) in [6.45, 7) is 3.09. The van der Waals surface area contributed by atoms with E-state index >= 15 is 0 Å². The SMILES string of the molecule is COC1=CCC(CN(Cc2ccccn2)C(=O)CC(C)c2ccc(F)cc2)C=C1. The lowest BCUT2D eigenvalue weighted by Gasteiger charge is -2.28. The second kappa shape index (κ2) is 10.0. The number of halogens is 1. The van der Waals surface area contributed by atoms with E-state index in [1.54, 1.807) is 25.4 Å². The molecule has 1 aromatic heterocycles. The van der Waals surface area contributed by atoms with Crippen LogP contribution in [0.5, 0.6) is 0 Å². The molecule has 1 heterocycles. The lowest BCUT2D eigenvalue weighted by molar-refractivity contribution is -0.132. The number of hydrogen-bond acceptors (Lipinski definition) is 3. The van der Waals surface area contributed by atoms with Crippen molar-refractivity contribution in [3.63, 3.8) is 0 Å². The van der Waals surface area contributed by atoms with Gasteiger partial charge in [-0.15, -0.1) is 0 Å². The number of amides is 1. The summed E-state index contributed by atoms with van der Waals surface area (Å²) in [6.07, 6.45) is 9.05. The zero-order chi connectivity index (χ0) is 20.6. The molecule has 1 aliphatic rings. The highest BCUT2D eigenvalue weighted by Crippen LogP contribution is 2.23. The largest absolute Gasteiger partial charge is 0.497 e. The summed E-state index contributed by atoms with van der Waals surface area (Å²) >= 11 is 0. The number of carbonyl (C=O) groups is 1. The molecule has 3 rings (SSSR count). The second-order valence-electron chi connectivity index (χ2n) is 7.42. The molecule has 2 atom stereocenters. The van der Waals surface area contributed by atoms with Crippen LogP contribution in [0.15, 0.2) is 72.6 Å². The minimum atomic E-state index is -0.267. The van der Waals surface area contributed by atoms with Crippen LogP contribution in [-0.2, 0) is 16.1 Å². The molecule has 0 aliphatic heterocycles. The first-order valence-electron chi connectivity index (χ1n) is 9.90. The van der Waals surface area contributed by atoms with E-state index in [-0.39, 0.29) is 23.6 Å². The Hall–Kier alpha value is -2.95. The van der Waals surface area contributed by atoms with E-state index in [9.17, 15) is 9.18 Å². The molecule has 2 unspecified atom stereocenters. The van der Waals surface area contributed by atoms with Gasteiger partial charge in [0.05, 0.1) is 19.3 Å². The minimum Gasteiger partial charge on any atom is -0.497 e. The number of pyridine rings is 1. The molecular formula is C24H27FN2O2. The number of aromatic nitrogens is 1. The molecule has 4 nitrogen and oxygen atoms in total. The standard InChI is InChI=1S/C24H27FN2O2/c1-18(20-8-10-21(25)11-9-20)15-24(28)27(17-22-5-3-4-14-26-22)16-19-6-12-23(29-2)13-7-19/h3-6,8-14,18-19H,7,15-17H2,1-2H3. The maximum Gasteiger partial charge on any atom is 0.223 e. The average molecular weight is 394 g/mol. The molecular weight excluding hydrogens is 367 g/mol. The Morgan fingerprint density at radius 2 is 2.07 bits per heavy atom. The van der Waals surface area contributed by atoms with E-state index < -0.39 is 0 Å². The van der Waals surface area contributed by atoms with Crippen LogP contribution >= 0.6 is 0 Å². The highest BCUT2D eigenvalue weighted by atomic mass is 19.1. The van der Waals surface area contributed by atoms with Gasteiger partial charge in [-0.2, -0.15) is 0 Å². The first-order valence-corrected chi connectivity index (χ1v) is 9.90. The van der Waals surface area contributed by atoms with Crippen molar-refractivity contribution >= 4 is 5.91 Å². The minimum absolute atomic E-state index is 0.0104. The quantitative estimate of drug-likeness (QED) is 0.643. The third-order valence-corrected chi connectivity index (χ3v) is 5.20. The molecule has 1 amide bonds. The molecule has 0 saturated heterocycles. The summed E-state index contributed by atoms with van der Waals surface area (Å²) < 4.78 is 18.4. The van der Waals surface area contributed by atoms with Crippen LogP contribution in [-0.4, -0.2) is 29.4 Å². The number of carbonyl (C=O) groups excluding carboxylic acids is 1. The zero-order valence-electron chi connectivity index (χ0n) is 16.9. The monoisotopic (exact) mass is 394 g/mol. The van der Waals surface area contributed by atoms with Gasteiger partial charge in [0, 0.05) is 19.2 Å². The highest BCUT2D eigenvalue weighted by Gasteiger charge is 2.22. The van der Waals surface area contributed by atoms with Crippen LogP contribution in [0.25, 0.3) is 0 Å². The van der Waals surface area contributed by atoms with Gasteiger partial charge in [-0.05, 0) is 60.2 Å². The van der Waals surface area contributed by atoms with Gasteiger partial charge < -0.3 is 9.64 Å². The van der Waals surface area contributed by atoms with Gasteiger partial charge in [-0.3, -0.25) is 9.78 Å². The van der Waals surface area contributed by atoms with Crippen LogP contribution in [0, 0.1) is 11.7 Å². The fourth-order valence-electron chi connectivity index (χ4n) is 3.46. The molecule has 1 aliphatic carbocycles. The third-order valence-electron chi connectivity index (χ3n) is 5.20. The first kappa shape index (κ1) is 20.8. The number of ether oxygens (including phenoxy) is 1.